The number of Topliss-reactive ketones (excluding diaryl/α,β-unsaturated/α-hetero) is 2. The van der Waals surface area contributed by atoms with Crippen molar-refractivity contribution >= 4 is 11.6 Å². The first-order valence-corrected chi connectivity index (χ1v) is 8.64. The minimum atomic E-state index is -0.280. The molecular weight excluding hydrogens is 312 g/mol. The molecule has 134 valence electrons. The van der Waals surface area contributed by atoms with Gasteiger partial charge in [0.25, 0.3) is 0 Å². The summed E-state index contributed by atoms with van der Waals surface area (Å²) in [5.74, 6) is 0.00181. The quantitative estimate of drug-likeness (QED) is 0.804. The minimum absolute atomic E-state index is 0.0124. The van der Waals surface area contributed by atoms with Crippen LogP contribution < -0.4 is 0 Å². The maximum absolute atomic E-state index is 12.9. The maximum atomic E-state index is 12.9. The molecule has 0 fully saturated rings. The van der Waals surface area contributed by atoms with Crippen molar-refractivity contribution in [1.82, 2.24) is 9.88 Å². The molecule has 0 saturated carbocycles. The number of aromatic amines is 1. The monoisotopic (exact) mass is 340 g/mol. The lowest BCUT2D eigenvalue weighted by Gasteiger charge is -2.24. The van der Waals surface area contributed by atoms with Crippen LogP contribution >= 0.6 is 0 Å². The van der Waals surface area contributed by atoms with Gasteiger partial charge in [0.2, 0.25) is 0 Å². The zero-order chi connectivity index (χ0) is 18.9. The van der Waals surface area contributed by atoms with Crippen molar-refractivity contribution in [1.29, 1.82) is 0 Å². The predicted molar refractivity (Wildman–Crippen MR) is 101 cm³/mol. The van der Waals surface area contributed by atoms with Gasteiger partial charge in [-0.2, -0.15) is 0 Å². The van der Waals surface area contributed by atoms with E-state index in [2.05, 4.69) is 37.0 Å². The van der Waals surface area contributed by atoms with Gasteiger partial charge in [-0.15, -0.1) is 0 Å². The number of rotatable bonds is 6. The number of hydrogen-bond acceptors (Lipinski definition) is 3. The Labute approximate surface area is 150 Å². The highest BCUT2D eigenvalue weighted by Crippen LogP contribution is 2.21. The Morgan fingerprint density at radius 1 is 1.16 bits per heavy atom. The van der Waals surface area contributed by atoms with E-state index in [0.29, 0.717) is 17.8 Å². The standard InChI is InChI=1S/C21H28N2O2/c1-12-8-9-18(13(2)10-12)11-23(7)16(5)21(25)20-14(3)19(17(6)24)15(4)22-20/h8-10,16,22H,11H2,1-7H3/t16-/m1/s1. The molecule has 0 radical (unpaired) electrons. The number of nitrogens with one attached hydrogen (secondary N) is 1. The van der Waals surface area contributed by atoms with Crippen LogP contribution in [0.3, 0.4) is 0 Å². The van der Waals surface area contributed by atoms with E-state index in [1.54, 1.807) is 0 Å². The van der Waals surface area contributed by atoms with Crippen molar-refractivity contribution in [3.63, 3.8) is 0 Å². The van der Waals surface area contributed by atoms with E-state index < -0.39 is 0 Å². The number of H-pyrrole nitrogens is 1. The summed E-state index contributed by atoms with van der Waals surface area (Å²) in [6, 6.07) is 6.10. The van der Waals surface area contributed by atoms with Crippen molar-refractivity contribution in [2.45, 2.75) is 54.1 Å². The molecule has 0 saturated heterocycles. The summed E-state index contributed by atoms with van der Waals surface area (Å²) in [6.45, 7) is 12.0. The van der Waals surface area contributed by atoms with Crippen molar-refractivity contribution in [2.75, 3.05) is 7.05 Å². The molecule has 4 nitrogen and oxygen atoms in total. The van der Waals surface area contributed by atoms with Gasteiger partial charge in [0.05, 0.1) is 11.7 Å². The van der Waals surface area contributed by atoms with Gasteiger partial charge >= 0.3 is 0 Å². The molecule has 2 rings (SSSR count). The SMILES string of the molecule is CC(=O)c1c(C)[nH]c(C(=O)[C@@H](C)N(C)Cc2ccc(C)cc2C)c1C. The van der Waals surface area contributed by atoms with Crippen molar-refractivity contribution in [2.24, 2.45) is 0 Å². The molecule has 1 heterocycles. The highest BCUT2D eigenvalue weighted by molar-refractivity contribution is 6.05. The molecule has 1 N–H and O–H groups in total. The summed E-state index contributed by atoms with van der Waals surface area (Å²) in [5, 5.41) is 0. The zero-order valence-corrected chi connectivity index (χ0v) is 16.3. The van der Waals surface area contributed by atoms with Crippen LogP contribution in [0.15, 0.2) is 18.2 Å². The van der Waals surface area contributed by atoms with Crippen LogP contribution in [-0.4, -0.2) is 34.5 Å². The minimum Gasteiger partial charge on any atom is -0.355 e. The zero-order valence-electron chi connectivity index (χ0n) is 16.3. The molecule has 4 heteroatoms. The molecule has 1 aromatic heterocycles. The van der Waals surface area contributed by atoms with Crippen molar-refractivity contribution < 1.29 is 9.59 Å². The number of hydrogen-bond donors (Lipinski definition) is 1. The molecule has 1 aromatic carbocycles. The van der Waals surface area contributed by atoms with Gasteiger partial charge in [0.1, 0.15) is 0 Å². The lowest BCUT2D eigenvalue weighted by atomic mass is 10.0. The molecule has 25 heavy (non-hydrogen) atoms. The van der Waals surface area contributed by atoms with Crippen LogP contribution in [0.1, 0.15) is 62.6 Å². The predicted octanol–water partition coefficient (Wildman–Crippen LogP) is 4.15. The van der Waals surface area contributed by atoms with E-state index in [0.717, 1.165) is 11.3 Å². The highest BCUT2D eigenvalue weighted by Gasteiger charge is 2.26. The number of nitrogens with zero attached hydrogens (tertiary/aromatic N) is 1. The Morgan fingerprint density at radius 3 is 2.32 bits per heavy atom. The average Bonchev–Trinajstić information content (AvgIpc) is 2.83. The fourth-order valence-corrected chi connectivity index (χ4v) is 3.36. The molecule has 0 aliphatic rings. The first-order valence-electron chi connectivity index (χ1n) is 8.64. The number of aryl methyl sites for hydroxylation is 3. The molecular formula is C21H28N2O2. The van der Waals surface area contributed by atoms with Crippen molar-refractivity contribution in [3.05, 3.63) is 57.4 Å². The van der Waals surface area contributed by atoms with E-state index in [1.807, 2.05) is 32.7 Å². The number of aromatic nitrogens is 1. The fourth-order valence-electron chi connectivity index (χ4n) is 3.36. The molecule has 0 spiro atoms. The number of carbonyl (C=O) groups excluding carboxylic acids is 2. The van der Waals surface area contributed by atoms with E-state index >= 15 is 0 Å². The molecule has 0 amide bonds. The van der Waals surface area contributed by atoms with Crippen molar-refractivity contribution in [3.8, 4) is 0 Å². The Morgan fingerprint density at radius 2 is 1.80 bits per heavy atom. The maximum Gasteiger partial charge on any atom is 0.196 e. The lowest BCUT2D eigenvalue weighted by molar-refractivity contribution is 0.0856. The lowest BCUT2D eigenvalue weighted by Crippen LogP contribution is -2.36. The van der Waals surface area contributed by atoms with Crippen LogP contribution in [0, 0.1) is 27.7 Å². The smallest absolute Gasteiger partial charge is 0.196 e. The van der Waals surface area contributed by atoms with E-state index in [-0.39, 0.29) is 17.6 Å². The summed E-state index contributed by atoms with van der Waals surface area (Å²) < 4.78 is 0. The Hall–Kier alpha value is -2.20. The van der Waals surface area contributed by atoms with Gasteiger partial charge in [-0.25, -0.2) is 0 Å². The highest BCUT2D eigenvalue weighted by atomic mass is 16.1. The molecule has 2 aromatic rings. The average molecular weight is 340 g/mol. The van der Waals surface area contributed by atoms with Gasteiger partial charge < -0.3 is 4.98 Å². The molecule has 0 unspecified atom stereocenters. The second kappa shape index (κ2) is 7.36. The summed E-state index contributed by atoms with van der Waals surface area (Å²) in [4.78, 5) is 29.9. The first kappa shape index (κ1) is 19.1. The van der Waals surface area contributed by atoms with Gasteiger partial charge in [0.15, 0.2) is 11.6 Å². The third-order valence-electron chi connectivity index (χ3n) is 4.99. The number of likely N-dealkylation sites (N-methyl/N-ethyl adjacent to an activating group) is 1. The van der Waals surface area contributed by atoms with Crippen LogP contribution in [0.5, 0.6) is 0 Å². The van der Waals surface area contributed by atoms with E-state index in [9.17, 15) is 9.59 Å². The Balaban J connectivity index is 2.22. The van der Waals surface area contributed by atoms with Gasteiger partial charge in [-0.05, 0) is 65.3 Å². The number of ketones is 2. The summed E-state index contributed by atoms with van der Waals surface area (Å²) in [5.41, 5.74) is 6.38. The number of carbonyl (C=O) groups is 2. The topological polar surface area (TPSA) is 53.2 Å². The van der Waals surface area contributed by atoms with Gasteiger partial charge in [-0.3, -0.25) is 14.5 Å². The van der Waals surface area contributed by atoms with Crippen LogP contribution in [0.2, 0.25) is 0 Å². The van der Waals surface area contributed by atoms with E-state index in [4.69, 9.17) is 0 Å². The summed E-state index contributed by atoms with van der Waals surface area (Å²) in [7, 11) is 1.96. The molecule has 0 bridgehead atoms. The summed E-state index contributed by atoms with van der Waals surface area (Å²) >= 11 is 0. The first-order chi connectivity index (χ1) is 11.6. The third-order valence-corrected chi connectivity index (χ3v) is 4.99. The second-order valence-corrected chi connectivity index (χ2v) is 7.07. The normalized spacial score (nSPS) is 12.5. The summed E-state index contributed by atoms with van der Waals surface area (Å²) in [6.07, 6.45) is 0. The Bertz CT molecular complexity index is 818. The van der Waals surface area contributed by atoms with Crippen LogP contribution in [-0.2, 0) is 6.54 Å². The Kier molecular flexibility index (Phi) is 5.63. The van der Waals surface area contributed by atoms with Gasteiger partial charge in [-0.1, -0.05) is 23.8 Å². The van der Waals surface area contributed by atoms with Crippen LogP contribution in [0.25, 0.3) is 0 Å². The molecule has 0 aliphatic carbocycles. The second-order valence-electron chi connectivity index (χ2n) is 7.07. The largest absolute Gasteiger partial charge is 0.355 e. The molecule has 0 aliphatic heterocycles. The molecule has 1 atom stereocenters. The third kappa shape index (κ3) is 3.90. The van der Waals surface area contributed by atoms with E-state index in [1.165, 1.54) is 23.6 Å². The van der Waals surface area contributed by atoms with Gasteiger partial charge in [0, 0.05) is 17.8 Å². The number of benzene rings is 1. The van der Waals surface area contributed by atoms with Crippen LogP contribution in [0.4, 0.5) is 0 Å². The fraction of sp³-hybridized carbons (Fsp3) is 0.429.